The number of ketones is 1. The summed E-state index contributed by atoms with van der Waals surface area (Å²) in [4.78, 5) is 21.8. The lowest BCUT2D eigenvalue weighted by Gasteiger charge is -2.19. The van der Waals surface area contributed by atoms with E-state index in [4.69, 9.17) is 0 Å². The van der Waals surface area contributed by atoms with Crippen molar-refractivity contribution in [3.8, 4) is 0 Å². The number of rotatable bonds is 9. The highest BCUT2D eigenvalue weighted by molar-refractivity contribution is 5.94. The van der Waals surface area contributed by atoms with E-state index in [2.05, 4.69) is 81.5 Å². The van der Waals surface area contributed by atoms with E-state index in [0.717, 1.165) is 33.6 Å². The molecule has 0 unspecified atom stereocenters. The van der Waals surface area contributed by atoms with E-state index in [1.807, 2.05) is 59.6 Å². The second kappa shape index (κ2) is 11.1. The van der Waals surface area contributed by atoms with Crippen molar-refractivity contribution in [3.05, 3.63) is 120 Å². The van der Waals surface area contributed by atoms with Crippen LogP contribution in [0.3, 0.4) is 0 Å². The summed E-state index contributed by atoms with van der Waals surface area (Å²) in [7, 11) is 10.0. The molecule has 0 bridgehead atoms. The number of aromatic nitrogens is 2. The van der Waals surface area contributed by atoms with Gasteiger partial charge in [-0.05, 0) is 46.5 Å². The van der Waals surface area contributed by atoms with Crippen molar-refractivity contribution in [2.75, 3.05) is 38.0 Å². The molecule has 0 saturated heterocycles. The molecule has 184 valence electrons. The number of Topliss-reactive ketones (excluding diaryl/α,β-unsaturated/α-hetero) is 1. The van der Waals surface area contributed by atoms with E-state index in [1.165, 1.54) is 0 Å². The molecule has 36 heavy (non-hydrogen) atoms. The number of carbonyl (C=O) groups is 1. The first-order chi connectivity index (χ1) is 17.3. The molecule has 5 heteroatoms. The molecule has 0 N–H and O–H groups in total. The number of benzene rings is 3. The highest BCUT2D eigenvalue weighted by atomic mass is 16.1. The normalized spacial score (nSPS) is 11.6. The van der Waals surface area contributed by atoms with Crippen LogP contribution in [0.2, 0.25) is 0 Å². The maximum absolute atomic E-state index is 13.3. The van der Waals surface area contributed by atoms with Crippen molar-refractivity contribution in [2.45, 2.75) is 12.3 Å². The lowest BCUT2D eigenvalue weighted by molar-refractivity contribution is 0.0965. The van der Waals surface area contributed by atoms with Crippen molar-refractivity contribution < 1.29 is 4.79 Å². The van der Waals surface area contributed by atoms with Crippen LogP contribution in [0.5, 0.6) is 0 Å². The van der Waals surface area contributed by atoms with Gasteiger partial charge in [0.15, 0.2) is 11.6 Å². The fraction of sp³-hybridized carbons (Fsp3) is 0.226. The molecule has 0 aliphatic heterocycles. The molecule has 3 aromatic carbocycles. The molecule has 1 atom stereocenters. The van der Waals surface area contributed by atoms with E-state index < -0.39 is 0 Å². The van der Waals surface area contributed by atoms with Gasteiger partial charge in [0.05, 0.1) is 0 Å². The van der Waals surface area contributed by atoms with Gasteiger partial charge in [0.25, 0.3) is 0 Å². The standard InChI is InChI=1S/C31H34N4O/c1-33(2)27-15-11-24(12-16-27)29(25-13-17-28(18-14-25)34(3)4)21-26(23-9-7-6-8-10-23)22-30(36)31-32-19-20-35(31)5/h6-21,26H,22H2,1-5H3/t26-/m1/s1. The number of allylic oxidation sites excluding steroid dienone is 1. The first-order valence-electron chi connectivity index (χ1n) is 12.2. The zero-order valence-electron chi connectivity index (χ0n) is 21.7. The minimum absolute atomic E-state index is 0.0258. The van der Waals surface area contributed by atoms with E-state index in [1.54, 1.807) is 10.8 Å². The molecule has 0 fully saturated rings. The summed E-state index contributed by atoms with van der Waals surface area (Å²) in [5.41, 5.74) is 6.72. The van der Waals surface area contributed by atoms with Crippen molar-refractivity contribution in [1.82, 2.24) is 9.55 Å². The van der Waals surface area contributed by atoms with Crippen LogP contribution in [0.4, 0.5) is 11.4 Å². The van der Waals surface area contributed by atoms with Crippen LogP contribution in [0.25, 0.3) is 5.57 Å². The maximum atomic E-state index is 13.3. The fourth-order valence-corrected chi connectivity index (χ4v) is 4.34. The van der Waals surface area contributed by atoms with Gasteiger partial charge in [-0.25, -0.2) is 4.98 Å². The van der Waals surface area contributed by atoms with Crippen LogP contribution in [0, 0.1) is 0 Å². The summed E-state index contributed by atoms with van der Waals surface area (Å²) in [5, 5.41) is 0. The molecule has 0 aliphatic rings. The summed E-state index contributed by atoms with van der Waals surface area (Å²) in [5.74, 6) is 0.405. The monoisotopic (exact) mass is 478 g/mol. The molecule has 1 aromatic heterocycles. The van der Waals surface area contributed by atoms with Gasteiger partial charge >= 0.3 is 0 Å². The van der Waals surface area contributed by atoms with Crippen LogP contribution < -0.4 is 9.80 Å². The number of nitrogens with zero attached hydrogens (tertiary/aromatic N) is 4. The topological polar surface area (TPSA) is 41.4 Å². The third-order valence-electron chi connectivity index (χ3n) is 6.46. The zero-order valence-corrected chi connectivity index (χ0v) is 21.7. The Kier molecular flexibility index (Phi) is 7.69. The fourth-order valence-electron chi connectivity index (χ4n) is 4.34. The molecule has 0 aliphatic carbocycles. The highest BCUT2D eigenvalue weighted by Crippen LogP contribution is 2.33. The van der Waals surface area contributed by atoms with Crippen molar-refractivity contribution in [2.24, 2.45) is 7.05 Å². The highest BCUT2D eigenvalue weighted by Gasteiger charge is 2.20. The molecule has 0 amide bonds. The summed E-state index contributed by atoms with van der Waals surface area (Å²) in [6.45, 7) is 0. The summed E-state index contributed by atoms with van der Waals surface area (Å²) >= 11 is 0. The predicted molar refractivity (Wildman–Crippen MR) is 150 cm³/mol. The second-order valence-corrected chi connectivity index (χ2v) is 9.47. The van der Waals surface area contributed by atoms with Gasteiger partial charge in [0.2, 0.25) is 0 Å². The summed E-state index contributed by atoms with van der Waals surface area (Å²) in [6.07, 6.45) is 6.06. The van der Waals surface area contributed by atoms with E-state index in [0.29, 0.717) is 12.2 Å². The molecular weight excluding hydrogens is 444 g/mol. The molecule has 5 nitrogen and oxygen atoms in total. The Labute approximate surface area is 214 Å². The molecule has 4 aromatic rings. The molecular formula is C31H34N4O. The number of hydrogen-bond acceptors (Lipinski definition) is 4. The minimum atomic E-state index is -0.104. The van der Waals surface area contributed by atoms with Crippen LogP contribution in [-0.2, 0) is 7.05 Å². The van der Waals surface area contributed by atoms with Crippen molar-refractivity contribution in [1.29, 1.82) is 0 Å². The first kappa shape index (κ1) is 25.0. The average molecular weight is 479 g/mol. The second-order valence-electron chi connectivity index (χ2n) is 9.47. The van der Waals surface area contributed by atoms with Gasteiger partial charge in [0.1, 0.15) is 0 Å². The van der Waals surface area contributed by atoms with Gasteiger partial charge in [-0.1, -0.05) is 60.7 Å². The van der Waals surface area contributed by atoms with E-state index in [9.17, 15) is 4.79 Å². The van der Waals surface area contributed by atoms with Crippen LogP contribution in [0.15, 0.2) is 97.3 Å². The molecule has 4 rings (SSSR count). The molecule has 0 saturated carbocycles. The number of imidazole rings is 1. The Balaban J connectivity index is 1.81. The Hall–Kier alpha value is -4.12. The quantitative estimate of drug-likeness (QED) is 0.275. The number of carbonyl (C=O) groups excluding carboxylic acids is 1. The van der Waals surface area contributed by atoms with E-state index in [-0.39, 0.29) is 11.7 Å². The van der Waals surface area contributed by atoms with Gasteiger partial charge in [0, 0.05) is 71.3 Å². The Morgan fingerprint density at radius 2 is 1.36 bits per heavy atom. The van der Waals surface area contributed by atoms with Crippen LogP contribution in [-0.4, -0.2) is 43.5 Å². The Morgan fingerprint density at radius 3 is 1.81 bits per heavy atom. The smallest absolute Gasteiger partial charge is 0.199 e. The van der Waals surface area contributed by atoms with Crippen molar-refractivity contribution in [3.63, 3.8) is 0 Å². The first-order valence-corrected chi connectivity index (χ1v) is 12.2. The predicted octanol–water partition coefficient (Wildman–Crippen LogP) is 6.04. The largest absolute Gasteiger partial charge is 0.378 e. The lowest BCUT2D eigenvalue weighted by atomic mass is 9.87. The molecule has 1 heterocycles. The summed E-state index contributed by atoms with van der Waals surface area (Å²) in [6, 6.07) is 27.4. The molecule has 0 radical (unpaired) electrons. The minimum Gasteiger partial charge on any atom is -0.378 e. The van der Waals surface area contributed by atoms with Gasteiger partial charge in [-0.15, -0.1) is 0 Å². The number of aryl methyl sites for hydroxylation is 1. The molecule has 0 spiro atoms. The SMILES string of the molecule is CN(C)c1ccc(C(=C[C@H](CC(=O)c2nccn2C)c2ccccc2)c2ccc(N(C)C)cc2)cc1. The maximum Gasteiger partial charge on any atom is 0.199 e. The third-order valence-corrected chi connectivity index (χ3v) is 6.46. The van der Waals surface area contributed by atoms with Gasteiger partial charge in [-0.2, -0.15) is 0 Å². The Morgan fingerprint density at radius 1 is 0.833 bits per heavy atom. The number of anilines is 2. The third kappa shape index (κ3) is 5.74. The summed E-state index contributed by atoms with van der Waals surface area (Å²) < 4.78 is 1.79. The Bertz CT molecular complexity index is 1260. The van der Waals surface area contributed by atoms with Gasteiger partial charge in [-0.3, -0.25) is 4.79 Å². The van der Waals surface area contributed by atoms with Gasteiger partial charge < -0.3 is 14.4 Å². The van der Waals surface area contributed by atoms with E-state index >= 15 is 0 Å². The van der Waals surface area contributed by atoms with Crippen molar-refractivity contribution >= 4 is 22.7 Å². The van der Waals surface area contributed by atoms with Crippen LogP contribution in [0.1, 0.15) is 39.6 Å². The van der Waals surface area contributed by atoms with Crippen LogP contribution >= 0.6 is 0 Å². The lowest BCUT2D eigenvalue weighted by Crippen LogP contribution is -2.12. The zero-order chi connectivity index (χ0) is 25.7. The average Bonchev–Trinajstić information content (AvgIpc) is 3.33. The number of hydrogen-bond donors (Lipinski definition) is 0.